The highest BCUT2D eigenvalue weighted by molar-refractivity contribution is 6.03. The molecule has 2 rings (SSSR count). The lowest BCUT2D eigenvalue weighted by molar-refractivity contribution is 0.0950. The molecule has 1 aliphatic rings. The first kappa shape index (κ1) is 11.7. The van der Waals surface area contributed by atoms with Crippen molar-refractivity contribution in [2.45, 2.75) is 6.10 Å². The minimum absolute atomic E-state index is 0.0946. The van der Waals surface area contributed by atoms with Gasteiger partial charge in [-0.2, -0.15) is 0 Å². The summed E-state index contributed by atoms with van der Waals surface area (Å²) in [5.41, 5.74) is 0.452. The molecule has 1 aliphatic heterocycles. The molecule has 0 spiro atoms. The fourth-order valence-electron chi connectivity index (χ4n) is 1.59. The van der Waals surface area contributed by atoms with Gasteiger partial charge in [-0.15, -0.1) is 0 Å². The van der Waals surface area contributed by atoms with Crippen LogP contribution in [0.15, 0.2) is 12.1 Å². The smallest absolute Gasteiger partial charge is 0.197 e. The number of hydrogen-bond acceptors (Lipinski definition) is 5. The molecule has 1 unspecified atom stereocenters. The highest BCUT2D eigenvalue weighted by Gasteiger charge is 2.34. The fourth-order valence-corrected chi connectivity index (χ4v) is 1.59. The van der Waals surface area contributed by atoms with E-state index in [0.29, 0.717) is 29.4 Å². The number of benzene rings is 1. The van der Waals surface area contributed by atoms with Gasteiger partial charge >= 0.3 is 0 Å². The number of carbonyl (C=O) groups is 1. The lowest BCUT2D eigenvalue weighted by Gasteiger charge is -2.12. The highest BCUT2D eigenvalue weighted by Crippen LogP contribution is 2.36. The third-order valence-electron chi connectivity index (χ3n) is 2.60. The van der Waals surface area contributed by atoms with Crippen LogP contribution in [0.4, 0.5) is 0 Å². The zero-order chi connectivity index (χ0) is 12.4. The molecule has 92 valence electrons. The highest BCUT2D eigenvalue weighted by atomic mass is 16.6. The third-order valence-corrected chi connectivity index (χ3v) is 2.60. The van der Waals surface area contributed by atoms with E-state index in [1.54, 1.807) is 12.1 Å². The predicted molar refractivity (Wildman–Crippen MR) is 60.2 cm³/mol. The molecular formula is C12H14O5. The van der Waals surface area contributed by atoms with Gasteiger partial charge in [-0.1, -0.05) is 0 Å². The summed E-state index contributed by atoms with van der Waals surface area (Å²) in [6.45, 7) is 0.469. The van der Waals surface area contributed by atoms with Crippen molar-refractivity contribution in [1.29, 1.82) is 0 Å². The maximum atomic E-state index is 12.0. The summed E-state index contributed by atoms with van der Waals surface area (Å²) >= 11 is 0. The molecule has 0 aliphatic carbocycles. The molecule has 0 saturated carbocycles. The van der Waals surface area contributed by atoms with E-state index in [1.165, 1.54) is 21.3 Å². The maximum Gasteiger partial charge on any atom is 0.197 e. The van der Waals surface area contributed by atoms with E-state index >= 15 is 0 Å². The number of ether oxygens (including phenoxy) is 4. The van der Waals surface area contributed by atoms with E-state index in [1.807, 2.05) is 0 Å². The van der Waals surface area contributed by atoms with Crippen LogP contribution in [0.25, 0.3) is 0 Å². The molecule has 0 aromatic heterocycles. The van der Waals surface area contributed by atoms with E-state index < -0.39 is 0 Å². The first-order chi connectivity index (χ1) is 8.21. The van der Waals surface area contributed by atoms with Crippen LogP contribution >= 0.6 is 0 Å². The minimum Gasteiger partial charge on any atom is -0.496 e. The number of rotatable bonds is 5. The molecule has 1 fully saturated rings. The van der Waals surface area contributed by atoms with Crippen molar-refractivity contribution in [2.24, 2.45) is 0 Å². The van der Waals surface area contributed by atoms with Crippen LogP contribution in [-0.4, -0.2) is 39.8 Å². The Hall–Kier alpha value is -1.75. The lowest BCUT2D eigenvalue weighted by atomic mass is 10.1. The summed E-state index contributed by atoms with van der Waals surface area (Å²) in [4.78, 5) is 12.0. The topological polar surface area (TPSA) is 57.3 Å². The maximum absolute atomic E-state index is 12.0. The van der Waals surface area contributed by atoms with Gasteiger partial charge in [0.15, 0.2) is 17.3 Å². The van der Waals surface area contributed by atoms with Gasteiger partial charge in [0.2, 0.25) is 0 Å². The molecule has 5 heteroatoms. The first-order valence-electron chi connectivity index (χ1n) is 5.17. The molecule has 0 amide bonds. The molecule has 1 heterocycles. The molecule has 0 bridgehead atoms. The largest absolute Gasteiger partial charge is 0.496 e. The van der Waals surface area contributed by atoms with Crippen molar-refractivity contribution >= 4 is 5.78 Å². The van der Waals surface area contributed by atoms with Crippen molar-refractivity contribution in [2.75, 3.05) is 27.9 Å². The van der Waals surface area contributed by atoms with Crippen LogP contribution in [0.5, 0.6) is 17.2 Å². The van der Waals surface area contributed by atoms with Crippen LogP contribution in [0.2, 0.25) is 0 Å². The average Bonchev–Trinajstić information content (AvgIpc) is 3.20. The van der Waals surface area contributed by atoms with Gasteiger partial charge in [0.25, 0.3) is 0 Å². The Kier molecular flexibility index (Phi) is 3.19. The summed E-state index contributed by atoms with van der Waals surface area (Å²) in [5.74, 6) is 1.39. The molecular weight excluding hydrogens is 224 g/mol. The summed E-state index contributed by atoms with van der Waals surface area (Å²) in [6, 6.07) is 3.25. The van der Waals surface area contributed by atoms with Crippen molar-refractivity contribution in [3.8, 4) is 17.2 Å². The zero-order valence-corrected chi connectivity index (χ0v) is 9.98. The predicted octanol–water partition coefficient (Wildman–Crippen LogP) is 1.29. The summed E-state index contributed by atoms with van der Waals surface area (Å²) in [5, 5.41) is 0. The average molecular weight is 238 g/mol. The Morgan fingerprint density at radius 1 is 1.12 bits per heavy atom. The second-order valence-corrected chi connectivity index (χ2v) is 3.59. The fraction of sp³-hybridized carbons (Fsp3) is 0.417. The molecule has 0 radical (unpaired) electrons. The molecule has 1 aromatic carbocycles. The van der Waals surface area contributed by atoms with Gasteiger partial charge in [0.05, 0.1) is 33.5 Å². The van der Waals surface area contributed by atoms with Gasteiger partial charge in [0.1, 0.15) is 11.9 Å². The number of carbonyl (C=O) groups excluding carboxylic acids is 1. The van der Waals surface area contributed by atoms with Crippen molar-refractivity contribution in [3.63, 3.8) is 0 Å². The van der Waals surface area contributed by atoms with Crippen molar-refractivity contribution in [3.05, 3.63) is 17.7 Å². The van der Waals surface area contributed by atoms with E-state index in [9.17, 15) is 4.79 Å². The number of epoxide rings is 1. The summed E-state index contributed by atoms with van der Waals surface area (Å²) in [7, 11) is 4.56. The van der Waals surface area contributed by atoms with Crippen molar-refractivity contribution < 1.29 is 23.7 Å². The van der Waals surface area contributed by atoms with Crippen LogP contribution in [0, 0.1) is 0 Å². The summed E-state index contributed by atoms with van der Waals surface area (Å²) in [6.07, 6.45) is -0.345. The second kappa shape index (κ2) is 4.63. The standard InChI is InChI=1S/C12H14O5/c1-14-8-5-10(16-3)9(15-2)4-7(8)12(13)11-6-17-11/h4-5,11H,6H2,1-3H3. The Morgan fingerprint density at radius 3 is 2.12 bits per heavy atom. The molecule has 0 N–H and O–H groups in total. The SMILES string of the molecule is COc1cc(OC)c(C(=O)C2CO2)cc1OC. The number of hydrogen-bond donors (Lipinski definition) is 0. The molecule has 17 heavy (non-hydrogen) atoms. The lowest BCUT2D eigenvalue weighted by Crippen LogP contribution is -2.09. The normalized spacial score (nSPS) is 17.5. The van der Waals surface area contributed by atoms with E-state index in [2.05, 4.69) is 0 Å². The van der Waals surface area contributed by atoms with E-state index in [4.69, 9.17) is 18.9 Å². The number of Topliss-reactive ketones (excluding diaryl/α,β-unsaturated/α-hetero) is 1. The Balaban J connectivity index is 2.44. The molecule has 5 nitrogen and oxygen atoms in total. The van der Waals surface area contributed by atoms with Gasteiger partial charge in [0, 0.05) is 6.07 Å². The Morgan fingerprint density at radius 2 is 1.65 bits per heavy atom. The van der Waals surface area contributed by atoms with Gasteiger partial charge < -0.3 is 18.9 Å². The first-order valence-corrected chi connectivity index (χ1v) is 5.17. The molecule has 1 saturated heterocycles. The second-order valence-electron chi connectivity index (χ2n) is 3.59. The van der Waals surface area contributed by atoms with Gasteiger partial charge in [-0.3, -0.25) is 4.79 Å². The van der Waals surface area contributed by atoms with E-state index in [0.717, 1.165) is 0 Å². The quantitative estimate of drug-likeness (QED) is 0.571. The monoisotopic (exact) mass is 238 g/mol. The van der Waals surface area contributed by atoms with Crippen molar-refractivity contribution in [1.82, 2.24) is 0 Å². The number of ketones is 1. The van der Waals surface area contributed by atoms with Crippen LogP contribution in [0.3, 0.4) is 0 Å². The van der Waals surface area contributed by atoms with Crippen LogP contribution < -0.4 is 14.2 Å². The molecule has 1 atom stereocenters. The van der Waals surface area contributed by atoms with Gasteiger partial charge in [-0.05, 0) is 6.07 Å². The minimum atomic E-state index is -0.345. The van der Waals surface area contributed by atoms with Gasteiger partial charge in [-0.25, -0.2) is 0 Å². The van der Waals surface area contributed by atoms with Crippen LogP contribution in [-0.2, 0) is 4.74 Å². The third kappa shape index (κ3) is 2.19. The van der Waals surface area contributed by atoms with E-state index in [-0.39, 0.29) is 11.9 Å². The molecule has 1 aromatic rings. The number of methoxy groups -OCH3 is 3. The Labute approximate surface area is 99.2 Å². The Bertz CT molecular complexity index is 437. The van der Waals surface area contributed by atoms with Crippen LogP contribution in [0.1, 0.15) is 10.4 Å². The summed E-state index contributed by atoms with van der Waals surface area (Å²) < 4.78 is 20.4. The zero-order valence-electron chi connectivity index (χ0n) is 9.98.